The third kappa shape index (κ3) is 5.39. The van der Waals surface area contributed by atoms with Crippen molar-refractivity contribution in [3.05, 3.63) is 45.6 Å². The van der Waals surface area contributed by atoms with Gasteiger partial charge in [-0.2, -0.15) is 0 Å². The normalized spacial score (nSPS) is 15.7. The quantitative estimate of drug-likeness (QED) is 0.563. The number of amides is 1. The second kappa shape index (κ2) is 9.71. The fraction of sp³-hybridized carbons (Fsp3) is 0.458. The third-order valence-electron chi connectivity index (χ3n) is 5.31. The fourth-order valence-electron chi connectivity index (χ4n) is 4.19. The van der Waals surface area contributed by atoms with Gasteiger partial charge in [-0.05, 0) is 58.7 Å². The highest BCUT2D eigenvalue weighted by Crippen LogP contribution is 2.45. The number of rotatable bonds is 7. The van der Waals surface area contributed by atoms with E-state index in [4.69, 9.17) is 14.2 Å². The lowest BCUT2D eigenvalue weighted by atomic mass is 9.81. The minimum atomic E-state index is -0.988. The maximum atomic E-state index is 14.1. The van der Waals surface area contributed by atoms with Crippen LogP contribution in [0, 0.1) is 5.82 Å². The highest BCUT2D eigenvalue weighted by molar-refractivity contribution is 7.17. The van der Waals surface area contributed by atoms with Crippen molar-refractivity contribution in [1.82, 2.24) is 5.32 Å². The molecule has 0 spiro atoms. The number of halogens is 1. The number of carbonyl (C=O) groups excluding carboxylic acids is 3. The van der Waals surface area contributed by atoms with Gasteiger partial charge < -0.3 is 24.8 Å². The second-order valence-corrected chi connectivity index (χ2v) is 10.1. The standard InChI is InChI=1S/C24H29FN2O6S/c1-7-32-22(30)18-15-11-23(2,3)27-24(4,5)19(15)34-20(18)26-17(28)12-33-21(29)14-9-8-13(31-6)10-16(14)25/h8-10,27H,7,11-12H2,1-6H3,(H,26,28). The Balaban J connectivity index is 1.81. The Bertz CT molecular complexity index is 1120. The summed E-state index contributed by atoms with van der Waals surface area (Å²) in [6.45, 7) is 9.35. The van der Waals surface area contributed by atoms with Crippen molar-refractivity contribution in [3.63, 3.8) is 0 Å². The molecule has 3 rings (SSSR count). The van der Waals surface area contributed by atoms with Crippen molar-refractivity contribution in [3.8, 4) is 5.75 Å². The van der Waals surface area contributed by atoms with E-state index in [9.17, 15) is 18.8 Å². The first-order chi connectivity index (χ1) is 15.9. The van der Waals surface area contributed by atoms with Gasteiger partial charge in [0.15, 0.2) is 6.61 Å². The molecule has 184 valence electrons. The summed E-state index contributed by atoms with van der Waals surface area (Å²) in [5, 5.41) is 6.55. The van der Waals surface area contributed by atoms with Gasteiger partial charge in [-0.3, -0.25) is 4.79 Å². The molecule has 8 nitrogen and oxygen atoms in total. The van der Waals surface area contributed by atoms with Crippen LogP contribution in [0.3, 0.4) is 0 Å². The summed E-state index contributed by atoms with van der Waals surface area (Å²) >= 11 is 1.28. The molecule has 1 aliphatic heterocycles. The molecule has 34 heavy (non-hydrogen) atoms. The number of anilines is 1. The lowest BCUT2D eigenvalue weighted by Gasteiger charge is -2.42. The lowest BCUT2D eigenvalue weighted by Crippen LogP contribution is -2.55. The molecule has 1 aliphatic rings. The summed E-state index contributed by atoms with van der Waals surface area (Å²) in [5.74, 6) is -2.74. The topological polar surface area (TPSA) is 103 Å². The lowest BCUT2D eigenvalue weighted by molar-refractivity contribution is -0.119. The summed E-state index contributed by atoms with van der Waals surface area (Å²) in [6, 6.07) is 3.69. The molecule has 1 aromatic heterocycles. The fourth-order valence-corrected chi connectivity index (χ4v) is 5.48. The molecule has 2 aromatic rings. The predicted octanol–water partition coefficient (Wildman–Crippen LogP) is 4.03. The predicted molar refractivity (Wildman–Crippen MR) is 126 cm³/mol. The van der Waals surface area contributed by atoms with Gasteiger partial charge in [-0.25, -0.2) is 14.0 Å². The van der Waals surface area contributed by atoms with Gasteiger partial charge in [-0.1, -0.05) is 0 Å². The maximum absolute atomic E-state index is 14.1. The third-order valence-corrected chi connectivity index (χ3v) is 6.78. The molecule has 0 bridgehead atoms. The number of hydrogen-bond acceptors (Lipinski definition) is 8. The Hall–Kier alpha value is -2.98. The highest BCUT2D eigenvalue weighted by Gasteiger charge is 2.42. The Morgan fingerprint density at radius 3 is 2.47 bits per heavy atom. The van der Waals surface area contributed by atoms with Crippen LogP contribution in [0.2, 0.25) is 0 Å². The van der Waals surface area contributed by atoms with Gasteiger partial charge in [0.1, 0.15) is 16.6 Å². The maximum Gasteiger partial charge on any atom is 0.341 e. The number of esters is 2. The number of nitrogens with one attached hydrogen (secondary N) is 2. The molecule has 0 unspecified atom stereocenters. The van der Waals surface area contributed by atoms with E-state index < -0.39 is 35.8 Å². The van der Waals surface area contributed by atoms with Gasteiger partial charge in [-0.15, -0.1) is 11.3 Å². The van der Waals surface area contributed by atoms with Crippen LogP contribution in [0.4, 0.5) is 9.39 Å². The molecule has 2 N–H and O–H groups in total. The Kier molecular flexibility index (Phi) is 7.32. The van der Waals surface area contributed by atoms with E-state index in [1.54, 1.807) is 6.92 Å². The minimum absolute atomic E-state index is 0.187. The molecule has 0 aliphatic carbocycles. The van der Waals surface area contributed by atoms with Crippen molar-refractivity contribution in [1.29, 1.82) is 0 Å². The smallest absolute Gasteiger partial charge is 0.341 e. The van der Waals surface area contributed by atoms with Crippen LogP contribution < -0.4 is 15.4 Å². The van der Waals surface area contributed by atoms with Gasteiger partial charge in [0, 0.05) is 22.0 Å². The molecule has 0 fully saturated rings. The van der Waals surface area contributed by atoms with Crippen LogP contribution in [0.25, 0.3) is 0 Å². The molecule has 1 amide bonds. The average molecular weight is 493 g/mol. The van der Waals surface area contributed by atoms with Crippen LogP contribution in [0.15, 0.2) is 18.2 Å². The zero-order chi connectivity index (χ0) is 25.3. The Morgan fingerprint density at radius 1 is 1.15 bits per heavy atom. The number of methoxy groups -OCH3 is 1. The summed E-state index contributed by atoms with van der Waals surface area (Å²) in [5.41, 5.74) is 0.0974. The molecule has 10 heteroatoms. The van der Waals surface area contributed by atoms with Crippen molar-refractivity contribution in [2.24, 2.45) is 0 Å². The molecule has 0 radical (unpaired) electrons. The number of carbonyl (C=O) groups is 3. The number of hydrogen-bond donors (Lipinski definition) is 2. The van der Waals surface area contributed by atoms with Crippen molar-refractivity contribution >= 4 is 34.2 Å². The number of thiophene rings is 1. The van der Waals surface area contributed by atoms with Gasteiger partial charge >= 0.3 is 11.9 Å². The molecular weight excluding hydrogens is 463 g/mol. The van der Waals surface area contributed by atoms with E-state index in [1.165, 1.54) is 30.6 Å². The molecule has 0 saturated carbocycles. The first kappa shape index (κ1) is 25.6. The largest absolute Gasteiger partial charge is 0.497 e. The van der Waals surface area contributed by atoms with Crippen molar-refractivity contribution in [2.75, 3.05) is 25.6 Å². The van der Waals surface area contributed by atoms with E-state index in [2.05, 4.69) is 10.6 Å². The summed E-state index contributed by atoms with van der Waals surface area (Å²) in [7, 11) is 1.38. The summed E-state index contributed by atoms with van der Waals surface area (Å²) in [4.78, 5) is 38.6. The molecular formula is C24H29FN2O6S. The van der Waals surface area contributed by atoms with E-state index in [0.29, 0.717) is 17.0 Å². The zero-order valence-corrected chi connectivity index (χ0v) is 20.9. The molecule has 0 atom stereocenters. The number of benzene rings is 1. The van der Waals surface area contributed by atoms with Crippen LogP contribution in [0.5, 0.6) is 5.75 Å². The first-order valence-corrected chi connectivity index (χ1v) is 11.6. The van der Waals surface area contributed by atoms with E-state index in [0.717, 1.165) is 16.5 Å². The Morgan fingerprint density at radius 2 is 1.85 bits per heavy atom. The van der Waals surface area contributed by atoms with Gasteiger partial charge in [0.25, 0.3) is 5.91 Å². The van der Waals surface area contributed by atoms with Crippen molar-refractivity contribution in [2.45, 2.75) is 52.1 Å². The Labute approximate surface area is 201 Å². The summed E-state index contributed by atoms with van der Waals surface area (Å²) < 4.78 is 29.3. The number of fused-ring (bicyclic) bond motifs is 1. The van der Waals surface area contributed by atoms with E-state index in [-0.39, 0.29) is 23.5 Å². The monoisotopic (exact) mass is 492 g/mol. The SMILES string of the molecule is CCOC(=O)c1c(NC(=O)COC(=O)c2ccc(OC)cc2F)sc2c1CC(C)(C)NC2(C)C. The molecule has 0 saturated heterocycles. The zero-order valence-electron chi connectivity index (χ0n) is 20.1. The summed E-state index contributed by atoms with van der Waals surface area (Å²) in [6.07, 6.45) is 0.567. The van der Waals surface area contributed by atoms with E-state index in [1.807, 2.05) is 27.7 Å². The van der Waals surface area contributed by atoms with Crippen molar-refractivity contribution < 1.29 is 33.0 Å². The molecule has 1 aromatic carbocycles. The molecule has 2 heterocycles. The average Bonchev–Trinajstić information content (AvgIpc) is 3.09. The van der Waals surface area contributed by atoms with Gasteiger partial charge in [0.05, 0.1) is 24.8 Å². The van der Waals surface area contributed by atoms with Gasteiger partial charge in [0.2, 0.25) is 0 Å². The van der Waals surface area contributed by atoms with Crippen LogP contribution in [-0.4, -0.2) is 43.7 Å². The van der Waals surface area contributed by atoms with Crippen LogP contribution in [-0.2, 0) is 26.2 Å². The number of ether oxygens (including phenoxy) is 3. The highest BCUT2D eigenvalue weighted by atomic mass is 32.1. The van der Waals surface area contributed by atoms with Crippen LogP contribution in [0.1, 0.15) is 65.8 Å². The first-order valence-electron chi connectivity index (χ1n) is 10.8. The second-order valence-electron chi connectivity index (χ2n) is 9.12. The minimum Gasteiger partial charge on any atom is -0.497 e. The van der Waals surface area contributed by atoms with E-state index >= 15 is 0 Å². The van der Waals surface area contributed by atoms with Crippen LogP contribution >= 0.6 is 11.3 Å².